The van der Waals surface area contributed by atoms with Gasteiger partial charge in [0.2, 0.25) is 0 Å². The molecule has 10 heteroatoms. The monoisotopic (exact) mass is 772 g/mol. The number of nitrogens with zero attached hydrogens (tertiary/aromatic N) is 4. The Morgan fingerprint density at radius 2 is 1.18 bits per heavy atom. The van der Waals surface area contributed by atoms with Crippen LogP contribution >= 0.6 is 0 Å². The molecule has 3 aliphatic rings. The van der Waals surface area contributed by atoms with Crippen molar-refractivity contribution in [2.45, 2.75) is 69.9 Å². The van der Waals surface area contributed by atoms with Gasteiger partial charge in [0, 0.05) is 68.8 Å². The molecule has 0 bridgehead atoms. The zero-order valence-electron chi connectivity index (χ0n) is 34.1. The van der Waals surface area contributed by atoms with E-state index in [-0.39, 0.29) is 49.3 Å². The van der Waals surface area contributed by atoms with E-state index in [1.165, 1.54) is 65.4 Å². The first-order valence-electron chi connectivity index (χ1n) is 20.0. The molecule has 4 aromatic carbocycles. The molecule has 4 heterocycles. The number of hydrogen-bond donors (Lipinski definition) is 0. The van der Waals surface area contributed by atoms with E-state index in [0.717, 1.165) is 83.0 Å². The van der Waals surface area contributed by atoms with Crippen LogP contribution in [0.4, 0.5) is 14.5 Å². The number of likely N-dealkylation sites (tertiary alicyclic amines) is 2. The van der Waals surface area contributed by atoms with E-state index >= 15 is 0 Å². The van der Waals surface area contributed by atoms with E-state index < -0.39 is 0 Å². The number of ether oxygens (including phenoxy) is 2. The van der Waals surface area contributed by atoms with Gasteiger partial charge in [0.15, 0.2) is 17.4 Å². The van der Waals surface area contributed by atoms with Crippen LogP contribution in [0, 0.1) is 11.6 Å². The summed E-state index contributed by atoms with van der Waals surface area (Å²) in [6.07, 6.45) is 12.6. The molecule has 8 rings (SSSR count). The minimum atomic E-state index is -0.160. The normalized spacial score (nSPS) is 18.8. The van der Waals surface area contributed by atoms with Gasteiger partial charge in [-0.05, 0) is 141 Å². The Balaban J connectivity index is 0.000000240. The molecule has 0 radical (unpaired) electrons. The maximum absolute atomic E-state index is 13.1. The third kappa shape index (κ3) is 11.4. The van der Waals surface area contributed by atoms with Gasteiger partial charge in [-0.3, -0.25) is 0 Å². The number of benzene rings is 4. The maximum atomic E-state index is 13.1. The zero-order valence-corrected chi connectivity index (χ0v) is 33.1. The summed E-state index contributed by atoms with van der Waals surface area (Å²) in [6, 6.07) is 30.0. The van der Waals surface area contributed by atoms with Crippen molar-refractivity contribution in [2.24, 2.45) is 0 Å². The molecular weight excluding hydrogens is 712 g/mol. The summed E-state index contributed by atoms with van der Waals surface area (Å²) in [7, 11) is 3.46. The smallest absolute Gasteiger partial charge is 1.00 e. The molecule has 0 spiro atoms. The fourth-order valence-corrected chi connectivity index (χ4v) is 8.65. The zero-order chi connectivity index (χ0) is 37.3. The molecule has 0 amide bonds. The Kier molecular flexibility index (Phi) is 16.8. The van der Waals surface area contributed by atoms with Crippen LogP contribution in [0.15, 0.2) is 97.2 Å². The largest absolute Gasteiger partial charge is 1.00 e. The second-order valence-electron chi connectivity index (χ2n) is 15.2. The SMILES string of the molecule is COc1ccc2c(c1)N(C1CCCN(CCc3ccc(F)cc3)CC1)CC2.COc1ccc2ccn(C3CCCN(CCc4ccc(F)cc4)CC3)c2c1.[AlH3].[H-].[Li+]. The third-order valence-corrected chi connectivity index (χ3v) is 11.8. The van der Waals surface area contributed by atoms with Crippen LogP contribution in [-0.4, -0.2) is 97.8 Å². The molecule has 2 unspecified atom stereocenters. The first kappa shape index (κ1) is 43.8. The number of halogens is 2. The summed E-state index contributed by atoms with van der Waals surface area (Å²) in [6.45, 7) is 7.78. The summed E-state index contributed by atoms with van der Waals surface area (Å²) < 4.78 is 39.4. The van der Waals surface area contributed by atoms with Gasteiger partial charge < -0.3 is 30.2 Å². The van der Waals surface area contributed by atoms with E-state index in [0.29, 0.717) is 12.1 Å². The van der Waals surface area contributed by atoms with Crippen molar-refractivity contribution >= 4 is 34.0 Å². The molecule has 2 fully saturated rings. The molecule has 56 heavy (non-hydrogen) atoms. The Morgan fingerprint density at radius 1 is 0.625 bits per heavy atom. The molecule has 2 saturated heterocycles. The van der Waals surface area contributed by atoms with E-state index in [9.17, 15) is 8.78 Å². The number of hydrogen-bond acceptors (Lipinski definition) is 5. The number of anilines is 1. The molecular formula is C46H60AlF2LiN4O2. The molecule has 3 aliphatic heterocycles. The summed E-state index contributed by atoms with van der Waals surface area (Å²) in [5.41, 5.74) is 6.52. The van der Waals surface area contributed by atoms with Gasteiger partial charge in [-0.25, -0.2) is 8.78 Å². The van der Waals surface area contributed by atoms with Gasteiger partial charge in [-0.2, -0.15) is 0 Å². The van der Waals surface area contributed by atoms with Crippen LogP contribution in [-0.2, 0) is 19.3 Å². The first-order chi connectivity index (χ1) is 26.4. The topological polar surface area (TPSA) is 33.1 Å². The summed E-state index contributed by atoms with van der Waals surface area (Å²) in [4.78, 5) is 7.74. The van der Waals surface area contributed by atoms with Crippen molar-refractivity contribution in [2.75, 3.05) is 64.9 Å². The Morgan fingerprint density at radius 3 is 1.79 bits per heavy atom. The molecule has 1 aromatic heterocycles. The third-order valence-electron chi connectivity index (χ3n) is 11.8. The second-order valence-corrected chi connectivity index (χ2v) is 15.2. The van der Waals surface area contributed by atoms with Gasteiger partial charge in [0.05, 0.1) is 19.7 Å². The standard InChI is InChI=1S/C23H29FN2O.C23H27FN2O.Al.Li.4H/c2*1-27-22-9-6-19-11-16-26(23(19)17-22)21-3-2-13-25(15-12-21)14-10-18-4-7-20(24)8-5-18;;;;;;/h4-9,17,21H,2-3,10-16H2,1H3;4-9,11,16-17,21H,2-3,10,12-15H2,1H3;;;;;;/q;;;+1;;;;-1. The van der Waals surface area contributed by atoms with Gasteiger partial charge in [-0.15, -0.1) is 0 Å². The van der Waals surface area contributed by atoms with E-state index in [1.54, 1.807) is 38.5 Å². The van der Waals surface area contributed by atoms with Crippen LogP contribution in [0.1, 0.15) is 62.7 Å². The fraction of sp³-hybridized carbons (Fsp3) is 0.435. The average molecular weight is 773 g/mol. The number of fused-ring (bicyclic) bond motifs is 2. The Bertz CT molecular complexity index is 1950. The van der Waals surface area contributed by atoms with E-state index in [2.05, 4.69) is 61.9 Å². The van der Waals surface area contributed by atoms with E-state index in [1.807, 2.05) is 30.3 Å². The molecule has 6 nitrogen and oxygen atoms in total. The van der Waals surface area contributed by atoms with E-state index in [4.69, 9.17) is 9.47 Å². The predicted molar refractivity (Wildman–Crippen MR) is 227 cm³/mol. The van der Waals surface area contributed by atoms with Gasteiger partial charge in [0.25, 0.3) is 0 Å². The molecule has 0 N–H and O–H groups in total. The fourth-order valence-electron chi connectivity index (χ4n) is 8.65. The summed E-state index contributed by atoms with van der Waals surface area (Å²) in [5.74, 6) is 1.55. The van der Waals surface area contributed by atoms with Crippen LogP contribution in [0.25, 0.3) is 10.9 Å². The number of methoxy groups -OCH3 is 2. The van der Waals surface area contributed by atoms with Crippen molar-refractivity contribution in [3.8, 4) is 11.5 Å². The van der Waals surface area contributed by atoms with Crippen molar-refractivity contribution < 1.29 is 38.5 Å². The number of rotatable bonds is 10. The second kappa shape index (κ2) is 21.5. The Hall–Kier alpha value is -3.27. The van der Waals surface area contributed by atoms with Crippen LogP contribution in [0.2, 0.25) is 0 Å². The average Bonchev–Trinajstić information content (AvgIpc) is 3.64. The van der Waals surface area contributed by atoms with Crippen molar-refractivity contribution in [1.82, 2.24) is 14.4 Å². The Labute approximate surface area is 356 Å². The summed E-state index contributed by atoms with van der Waals surface area (Å²) >= 11 is 0. The van der Waals surface area contributed by atoms with Gasteiger partial charge in [-0.1, -0.05) is 30.3 Å². The predicted octanol–water partition coefficient (Wildman–Crippen LogP) is 5.29. The van der Waals surface area contributed by atoms with Crippen molar-refractivity contribution in [3.05, 3.63) is 126 Å². The van der Waals surface area contributed by atoms with Gasteiger partial charge >= 0.3 is 18.9 Å². The first-order valence-corrected chi connectivity index (χ1v) is 20.0. The molecule has 5 aromatic rings. The van der Waals surface area contributed by atoms with Gasteiger partial charge in [0.1, 0.15) is 23.1 Å². The van der Waals surface area contributed by atoms with Crippen LogP contribution in [0.5, 0.6) is 11.5 Å². The minimum Gasteiger partial charge on any atom is -1.00 e. The minimum absolute atomic E-state index is 0. The van der Waals surface area contributed by atoms with Crippen LogP contribution in [0.3, 0.4) is 0 Å². The molecule has 2 atom stereocenters. The number of aromatic nitrogens is 1. The molecule has 0 aliphatic carbocycles. The maximum Gasteiger partial charge on any atom is 1.00 e. The molecule has 0 saturated carbocycles. The summed E-state index contributed by atoms with van der Waals surface area (Å²) in [5, 5.41) is 1.27. The van der Waals surface area contributed by atoms with Crippen molar-refractivity contribution in [3.63, 3.8) is 0 Å². The van der Waals surface area contributed by atoms with Crippen molar-refractivity contribution in [1.29, 1.82) is 0 Å². The molecule has 294 valence electrons. The quantitative estimate of drug-likeness (QED) is 0.181. The van der Waals surface area contributed by atoms with Crippen LogP contribution < -0.4 is 33.2 Å².